The Labute approximate surface area is 106 Å². The van der Waals surface area contributed by atoms with Gasteiger partial charge in [-0.1, -0.05) is 22.0 Å². The van der Waals surface area contributed by atoms with E-state index in [1.165, 1.54) is 12.1 Å². The minimum atomic E-state index is -0.653. The summed E-state index contributed by atoms with van der Waals surface area (Å²) >= 11 is 3.04. The summed E-state index contributed by atoms with van der Waals surface area (Å²) in [6.45, 7) is 1.55. The summed E-state index contributed by atoms with van der Waals surface area (Å²) in [6.07, 6.45) is 0. The highest BCUT2D eigenvalue weighted by molar-refractivity contribution is 9.10. The number of rotatable bonds is 1. The molecule has 1 aliphatic heterocycles. The summed E-state index contributed by atoms with van der Waals surface area (Å²) in [5.41, 5.74) is 6.13. The summed E-state index contributed by atoms with van der Waals surface area (Å²) in [4.78, 5) is 35.6. The van der Waals surface area contributed by atoms with Gasteiger partial charge in [-0.25, -0.2) is 4.90 Å². The second kappa shape index (κ2) is 3.96. The minimum Gasteiger partial charge on any atom is -0.398 e. The smallest absolute Gasteiger partial charge is 0.270 e. The molecule has 0 aromatic heterocycles. The van der Waals surface area contributed by atoms with Crippen molar-refractivity contribution >= 4 is 39.3 Å². The van der Waals surface area contributed by atoms with Gasteiger partial charge in [0.25, 0.3) is 11.8 Å². The van der Waals surface area contributed by atoms with E-state index in [-0.39, 0.29) is 16.8 Å². The van der Waals surface area contributed by atoms with E-state index in [2.05, 4.69) is 15.9 Å². The van der Waals surface area contributed by atoms with E-state index >= 15 is 0 Å². The fourth-order valence-electron chi connectivity index (χ4n) is 1.69. The lowest BCUT2D eigenvalue weighted by molar-refractivity contribution is -0.125. The number of nitrogens with zero attached hydrogens (tertiary/aromatic N) is 1. The maximum Gasteiger partial charge on any atom is 0.270 e. The molecule has 0 aliphatic carbocycles. The fourth-order valence-corrected chi connectivity index (χ4v) is 1.89. The zero-order chi connectivity index (χ0) is 12.7. The van der Waals surface area contributed by atoms with Crippen LogP contribution in [0.25, 0.3) is 0 Å². The van der Waals surface area contributed by atoms with Crippen LogP contribution in [0.15, 0.2) is 18.2 Å². The molecule has 88 valence electrons. The fraction of sp³-hybridized carbons (Fsp3) is 0.182. The average molecular weight is 297 g/mol. The Hall–Kier alpha value is -1.69. The lowest BCUT2D eigenvalue weighted by Crippen LogP contribution is -2.39. The van der Waals surface area contributed by atoms with Crippen molar-refractivity contribution in [1.29, 1.82) is 0 Å². The van der Waals surface area contributed by atoms with Crippen molar-refractivity contribution in [2.24, 2.45) is 0 Å². The Morgan fingerprint density at radius 3 is 2.53 bits per heavy atom. The van der Waals surface area contributed by atoms with Gasteiger partial charge in [-0.05, 0) is 19.1 Å². The van der Waals surface area contributed by atoms with Crippen LogP contribution in [0, 0.1) is 0 Å². The van der Waals surface area contributed by atoms with Gasteiger partial charge >= 0.3 is 0 Å². The summed E-state index contributed by atoms with van der Waals surface area (Å²) in [7, 11) is 0. The van der Waals surface area contributed by atoms with Crippen LogP contribution in [0.5, 0.6) is 0 Å². The van der Waals surface area contributed by atoms with Gasteiger partial charge in [0.15, 0.2) is 0 Å². The second-order valence-electron chi connectivity index (χ2n) is 3.67. The molecule has 1 aromatic rings. The molecule has 17 heavy (non-hydrogen) atoms. The lowest BCUT2D eigenvalue weighted by atomic mass is 10.1. The van der Waals surface area contributed by atoms with Gasteiger partial charge in [0.05, 0.1) is 16.0 Å². The minimum absolute atomic E-state index is 0.110. The second-order valence-corrected chi connectivity index (χ2v) is 5.04. The van der Waals surface area contributed by atoms with Crippen LogP contribution in [0.3, 0.4) is 0 Å². The molecule has 1 heterocycles. The Bertz CT molecular complexity index is 540. The molecule has 5 nitrogen and oxygen atoms in total. The number of anilines is 1. The molecule has 2 N–H and O–H groups in total. The normalized spacial score (nSPS) is 16.0. The Morgan fingerprint density at radius 2 is 2.00 bits per heavy atom. The van der Waals surface area contributed by atoms with Crippen LogP contribution in [0.1, 0.15) is 27.6 Å². The molecule has 6 heteroatoms. The maximum atomic E-state index is 12.0. The summed E-state index contributed by atoms with van der Waals surface area (Å²) in [6, 6.07) is 4.58. The van der Waals surface area contributed by atoms with Crippen LogP contribution in [0.2, 0.25) is 0 Å². The number of halogens is 1. The molecule has 0 saturated heterocycles. The van der Waals surface area contributed by atoms with Gasteiger partial charge in [0, 0.05) is 5.69 Å². The topological polar surface area (TPSA) is 80.5 Å². The molecule has 1 aliphatic rings. The van der Waals surface area contributed by atoms with Gasteiger partial charge in [-0.2, -0.15) is 0 Å². The Balaban J connectivity index is 2.54. The molecule has 2 rings (SSSR count). The van der Waals surface area contributed by atoms with E-state index in [0.717, 1.165) is 0 Å². The van der Waals surface area contributed by atoms with Crippen molar-refractivity contribution in [1.82, 2.24) is 4.90 Å². The van der Waals surface area contributed by atoms with E-state index in [1.807, 2.05) is 0 Å². The number of hydrogen-bond acceptors (Lipinski definition) is 4. The zero-order valence-electron chi connectivity index (χ0n) is 8.94. The van der Waals surface area contributed by atoms with Gasteiger partial charge in [-0.3, -0.25) is 14.4 Å². The van der Waals surface area contributed by atoms with Crippen molar-refractivity contribution in [3.63, 3.8) is 0 Å². The number of benzene rings is 1. The summed E-state index contributed by atoms with van der Waals surface area (Å²) in [5.74, 6) is -1.86. The molecule has 1 unspecified atom stereocenters. The molecular formula is C11H9BrN2O3. The third-order valence-corrected chi connectivity index (χ3v) is 2.90. The molecule has 0 bridgehead atoms. The quantitative estimate of drug-likeness (QED) is 0.479. The van der Waals surface area contributed by atoms with Crippen LogP contribution in [0.4, 0.5) is 5.69 Å². The molecule has 1 atom stereocenters. The molecular weight excluding hydrogens is 288 g/mol. The predicted octanol–water partition coefficient (Wildman–Crippen LogP) is 1.17. The van der Waals surface area contributed by atoms with Crippen molar-refractivity contribution in [2.45, 2.75) is 11.8 Å². The highest BCUT2D eigenvalue weighted by Gasteiger charge is 2.41. The molecule has 0 fully saturated rings. The van der Waals surface area contributed by atoms with E-state index in [4.69, 9.17) is 5.73 Å². The van der Waals surface area contributed by atoms with Crippen LogP contribution in [-0.2, 0) is 4.79 Å². The molecule has 0 radical (unpaired) electrons. The highest BCUT2D eigenvalue weighted by atomic mass is 79.9. The Kier molecular flexibility index (Phi) is 2.74. The number of fused-ring (bicyclic) bond motifs is 1. The first-order valence-corrected chi connectivity index (χ1v) is 5.82. The number of amides is 3. The maximum absolute atomic E-state index is 12.0. The third-order valence-electron chi connectivity index (χ3n) is 2.51. The first-order chi connectivity index (χ1) is 7.95. The van der Waals surface area contributed by atoms with Crippen molar-refractivity contribution in [2.75, 3.05) is 5.73 Å². The molecule has 0 saturated carbocycles. The van der Waals surface area contributed by atoms with Gasteiger partial charge in [-0.15, -0.1) is 0 Å². The number of hydrogen-bond donors (Lipinski definition) is 1. The van der Waals surface area contributed by atoms with Crippen LogP contribution in [-0.4, -0.2) is 27.4 Å². The van der Waals surface area contributed by atoms with E-state index in [0.29, 0.717) is 4.90 Å². The molecule has 3 amide bonds. The zero-order valence-corrected chi connectivity index (χ0v) is 10.5. The molecule has 1 aromatic carbocycles. The average Bonchev–Trinajstić information content (AvgIpc) is 2.52. The number of carbonyl (C=O) groups excluding carboxylic acids is 3. The first kappa shape index (κ1) is 11.8. The van der Waals surface area contributed by atoms with Crippen molar-refractivity contribution in [3.05, 3.63) is 29.3 Å². The van der Waals surface area contributed by atoms with E-state index < -0.39 is 22.5 Å². The largest absolute Gasteiger partial charge is 0.398 e. The van der Waals surface area contributed by atoms with Crippen LogP contribution >= 0.6 is 15.9 Å². The van der Waals surface area contributed by atoms with Crippen molar-refractivity contribution < 1.29 is 14.4 Å². The summed E-state index contributed by atoms with van der Waals surface area (Å²) < 4.78 is 0. The predicted molar refractivity (Wildman–Crippen MR) is 64.8 cm³/mol. The lowest BCUT2D eigenvalue weighted by Gasteiger charge is -2.13. The number of imide groups is 3. The SMILES string of the molecule is CC(Br)C(=O)N1C(=O)c2cccc(N)c2C1=O. The monoisotopic (exact) mass is 296 g/mol. The Morgan fingerprint density at radius 1 is 1.35 bits per heavy atom. The number of nitrogen functional groups attached to an aromatic ring is 1. The third kappa shape index (κ3) is 1.64. The van der Waals surface area contributed by atoms with Gasteiger partial charge in [0.1, 0.15) is 0 Å². The van der Waals surface area contributed by atoms with E-state index in [1.54, 1.807) is 13.0 Å². The van der Waals surface area contributed by atoms with Gasteiger partial charge in [0.2, 0.25) is 5.91 Å². The van der Waals surface area contributed by atoms with Gasteiger partial charge < -0.3 is 5.73 Å². The summed E-state index contributed by atoms with van der Waals surface area (Å²) in [5, 5.41) is 0. The number of carbonyl (C=O) groups is 3. The number of nitrogens with two attached hydrogens (primary N) is 1. The standard InChI is InChI=1S/C11H9BrN2O3/c1-5(12)9(15)14-10(16)6-3-2-4-7(13)8(6)11(14)17/h2-5H,13H2,1H3. The van der Waals surface area contributed by atoms with Crippen LogP contribution < -0.4 is 5.73 Å². The first-order valence-electron chi connectivity index (χ1n) is 4.90. The molecule has 0 spiro atoms. The van der Waals surface area contributed by atoms with E-state index in [9.17, 15) is 14.4 Å². The number of alkyl halides is 1. The van der Waals surface area contributed by atoms with Crippen molar-refractivity contribution in [3.8, 4) is 0 Å². The highest BCUT2D eigenvalue weighted by Crippen LogP contribution is 2.28.